The maximum atomic E-state index is 14.5. The van der Waals surface area contributed by atoms with E-state index in [1.165, 1.54) is 23.7 Å². The van der Waals surface area contributed by atoms with Gasteiger partial charge in [-0.05, 0) is 31.2 Å². The third-order valence-corrected chi connectivity index (χ3v) is 5.61. The van der Waals surface area contributed by atoms with Gasteiger partial charge < -0.3 is 19.4 Å². The molecule has 10 heteroatoms. The Balaban J connectivity index is 1.33. The van der Waals surface area contributed by atoms with Gasteiger partial charge in [-0.1, -0.05) is 0 Å². The smallest absolute Gasteiger partial charge is 0.260 e. The molecule has 2 amide bonds. The Morgan fingerprint density at radius 3 is 2.74 bits per heavy atom. The molecule has 8 nitrogen and oxygen atoms in total. The van der Waals surface area contributed by atoms with Crippen molar-refractivity contribution in [2.24, 2.45) is 0 Å². The third-order valence-electron chi connectivity index (χ3n) is 4.80. The van der Waals surface area contributed by atoms with Crippen molar-refractivity contribution in [3.8, 4) is 0 Å². The third kappa shape index (κ3) is 5.09. The summed E-state index contributed by atoms with van der Waals surface area (Å²) < 4.78 is 24.9. The molecule has 0 unspecified atom stereocenters. The van der Waals surface area contributed by atoms with E-state index >= 15 is 0 Å². The fraction of sp³-hybridized carbons (Fsp3) is 0.286. The van der Waals surface area contributed by atoms with Gasteiger partial charge in [-0.2, -0.15) is 0 Å². The number of anilines is 3. The second-order valence-corrected chi connectivity index (χ2v) is 7.84. The van der Waals surface area contributed by atoms with Crippen LogP contribution in [0, 0.1) is 12.7 Å². The first-order valence-corrected chi connectivity index (χ1v) is 10.6. The molecule has 1 aliphatic rings. The molecule has 3 aromatic rings. The molecule has 0 saturated carbocycles. The van der Waals surface area contributed by atoms with Gasteiger partial charge >= 0.3 is 0 Å². The largest absolute Gasteiger partial charge is 0.469 e. The average Bonchev–Trinajstić information content (AvgIpc) is 3.37. The van der Waals surface area contributed by atoms with Gasteiger partial charge in [-0.3, -0.25) is 14.9 Å². The number of halogens is 1. The van der Waals surface area contributed by atoms with Crippen LogP contribution in [0.2, 0.25) is 0 Å². The van der Waals surface area contributed by atoms with Crippen molar-refractivity contribution in [3.05, 3.63) is 58.7 Å². The standard InChI is InChI=1S/C21H21FN4O4S/c1-13-16(4-7-30-13)20(28)25-21-24-15(12-31-21)11-19(27)23-14-2-3-18(17(22)10-14)26-5-8-29-9-6-26/h2-4,7,10,12H,5-6,8-9,11H2,1H3,(H,23,27)(H,24,25,28). The number of furan rings is 1. The molecule has 0 atom stereocenters. The number of hydrogen-bond donors (Lipinski definition) is 2. The highest BCUT2D eigenvalue weighted by atomic mass is 32.1. The Bertz CT molecular complexity index is 1090. The van der Waals surface area contributed by atoms with Crippen LogP contribution < -0.4 is 15.5 Å². The van der Waals surface area contributed by atoms with E-state index in [9.17, 15) is 14.0 Å². The number of nitrogens with zero attached hydrogens (tertiary/aromatic N) is 2. The fourth-order valence-corrected chi connectivity index (χ4v) is 3.95. The number of aryl methyl sites for hydroxylation is 1. The molecular weight excluding hydrogens is 423 g/mol. The van der Waals surface area contributed by atoms with Gasteiger partial charge in [0.25, 0.3) is 5.91 Å². The normalized spacial score (nSPS) is 13.8. The van der Waals surface area contributed by atoms with E-state index in [0.29, 0.717) is 59.8 Å². The highest BCUT2D eigenvalue weighted by Gasteiger charge is 2.17. The molecule has 1 saturated heterocycles. The monoisotopic (exact) mass is 444 g/mol. The molecule has 1 aromatic carbocycles. The summed E-state index contributed by atoms with van der Waals surface area (Å²) in [5.74, 6) is -0.534. The lowest BCUT2D eigenvalue weighted by atomic mass is 10.2. The summed E-state index contributed by atoms with van der Waals surface area (Å²) in [5, 5.41) is 7.45. The molecule has 2 N–H and O–H groups in total. The van der Waals surface area contributed by atoms with Crippen molar-refractivity contribution in [2.75, 3.05) is 41.8 Å². The molecule has 0 bridgehead atoms. The van der Waals surface area contributed by atoms with Crippen molar-refractivity contribution < 1.29 is 23.1 Å². The molecule has 1 aliphatic heterocycles. The average molecular weight is 444 g/mol. The molecular formula is C21H21FN4O4S. The Labute approximate surface area is 182 Å². The van der Waals surface area contributed by atoms with Crippen LogP contribution in [-0.2, 0) is 16.0 Å². The summed E-state index contributed by atoms with van der Waals surface area (Å²) >= 11 is 1.22. The predicted octanol–water partition coefficient (Wildman–Crippen LogP) is 3.45. The lowest BCUT2D eigenvalue weighted by Crippen LogP contribution is -2.36. The zero-order valence-electron chi connectivity index (χ0n) is 16.8. The van der Waals surface area contributed by atoms with Gasteiger partial charge in [-0.15, -0.1) is 11.3 Å². The van der Waals surface area contributed by atoms with E-state index in [-0.39, 0.29) is 18.2 Å². The molecule has 1 fully saturated rings. The summed E-state index contributed by atoms with van der Waals surface area (Å²) in [7, 11) is 0. The van der Waals surface area contributed by atoms with E-state index < -0.39 is 5.82 Å². The summed E-state index contributed by atoms with van der Waals surface area (Å²) in [6, 6.07) is 6.22. The van der Waals surface area contributed by atoms with Crippen LogP contribution in [0.25, 0.3) is 0 Å². The van der Waals surface area contributed by atoms with E-state index in [1.807, 2.05) is 4.90 Å². The van der Waals surface area contributed by atoms with Gasteiger partial charge in [0.1, 0.15) is 11.6 Å². The van der Waals surface area contributed by atoms with E-state index in [4.69, 9.17) is 9.15 Å². The molecule has 162 valence electrons. The predicted molar refractivity (Wildman–Crippen MR) is 115 cm³/mol. The van der Waals surface area contributed by atoms with Gasteiger partial charge in [0.15, 0.2) is 5.13 Å². The first-order valence-electron chi connectivity index (χ1n) is 9.71. The lowest BCUT2D eigenvalue weighted by Gasteiger charge is -2.29. The Kier molecular flexibility index (Phi) is 6.28. The molecule has 0 spiro atoms. The fourth-order valence-electron chi connectivity index (χ4n) is 3.25. The van der Waals surface area contributed by atoms with Gasteiger partial charge in [0.05, 0.1) is 42.8 Å². The number of carbonyl (C=O) groups is 2. The Hall–Kier alpha value is -3.24. The number of rotatable bonds is 6. The van der Waals surface area contributed by atoms with Gasteiger partial charge in [0, 0.05) is 24.2 Å². The second-order valence-electron chi connectivity index (χ2n) is 6.98. The maximum absolute atomic E-state index is 14.5. The minimum Gasteiger partial charge on any atom is -0.469 e. The number of morpholine rings is 1. The molecule has 2 aromatic heterocycles. The zero-order chi connectivity index (χ0) is 21.8. The van der Waals surface area contributed by atoms with Crippen molar-refractivity contribution in [1.29, 1.82) is 0 Å². The number of hydrogen-bond acceptors (Lipinski definition) is 7. The van der Waals surface area contributed by atoms with Crippen LogP contribution in [-0.4, -0.2) is 43.1 Å². The first-order chi connectivity index (χ1) is 15.0. The highest BCUT2D eigenvalue weighted by molar-refractivity contribution is 7.14. The number of thiazole rings is 1. The van der Waals surface area contributed by atoms with Crippen molar-refractivity contribution >= 4 is 39.7 Å². The Morgan fingerprint density at radius 1 is 1.23 bits per heavy atom. The molecule has 3 heterocycles. The van der Waals surface area contributed by atoms with Crippen LogP contribution in [0.4, 0.5) is 20.9 Å². The number of benzene rings is 1. The SMILES string of the molecule is Cc1occc1C(=O)Nc1nc(CC(=O)Nc2ccc(N3CCOCC3)c(F)c2)cs1. The molecule has 0 aliphatic carbocycles. The van der Waals surface area contributed by atoms with Crippen LogP contribution in [0.15, 0.2) is 40.3 Å². The van der Waals surface area contributed by atoms with E-state index in [1.54, 1.807) is 30.5 Å². The lowest BCUT2D eigenvalue weighted by molar-refractivity contribution is -0.115. The van der Waals surface area contributed by atoms with Gasteiger partial charge in [-0.25, -0.2) is 9.37 Å². The quantitative estimate of drug-likeness (QED) is 0.605. The number of nitrogens with one attached hydrogen (secondary N) is 2. The van der Waals surface area contributed by atoms with E-state index in [2.05, 4.69) is 15.6 Å². The minimum absolute atomic E-state index is 0.00391. The van der Waals surface area contributed by atoms with E-state index in [0.717, 1.165) is 0 Å². The summed E-state index contributed by atoms with van der Waals surface area (Å²) in [6.07, 6.45) is 1.45. The minimum atomic E-state index is -0.395. The molecule has 4 rings (SSSR count). The summed E-state index contributed by atoms with van der Waals surface area (Å²) in [5.41, 5.74) is 1.80. The number of amides is 2. The highest BCUT2D eigenvalue weighted by Crippen LogP contribution is 2.24. The maximum Gasteiger partial charge on any atom is 0.260 e. The first kappa shape index (κ1) is 21.0. The number of ether oxygens (including phenoxy) is 1. The second kappa shape index (κ2) is 9.27. The zero-order valence-corrected chi connectivity index (χ0v) is 17.6. The van der Waals surface area contributed by atoms with Crippen LogP contribution in [0.3, 0.4) is 0 Å². The molecule has 31 heavy (non-hydrogen) atoms. The summed E-state index contributed by atoms with van der Waals surface area (Å²) in [4.78, 5) is 30.7. The van der Waals surface area contributed by atoms with Crippen LogP contribution in [0.1, 0.15) is 21.8 Å². The number of carbonyl (C=O) groups excluding carboxylic acids is 2. The Morgan fingerprint density at radius 2 is 2.03 bits per heavy atom. The summed E-state index contributed by atoms with van der Waals surface area (Å²) in [6.45, 7) is 4.09. The van der Waals surface area contributed by atoms with Gasteiger partial charge in [0.2, 0.25) is 5.91 Å². The topological polar surface area (TPSA) is 96.7 Å². The number of aromatic nitrogens is 1. The van der Waals surface area contributed by atoms with Crippen molar-refractivity contribution in [3.63, 3.8) is 0 Å². The van der Waals surface area contributed by atoms with Crippen LogP contribution >= 0.6 is 11.3 Å². The molecule has 0 radical (unpaired) electrons. The van der Waals surface area contributed by atoms with Crippen molar-refractivity contribution in [1.82, 2.24) is 4.98 Å². The van der Waals surface area contributed by atoms with Crippen molar-refractivity contribution in [2.45, 2.75) is 13.3 Å². The van der Waals surface area contributed by atoms with Crippen LogP contribution in [0.5, 0.6) is 0 Å².